The predicted molar refractivity (Wildman–Crippen MR) is 91.5 cm³/mol. The van der Waals surface area contributed by atoms with Crippen LogP contribution in [0.25, 0.3) is 0 Å². The summed E-state index contributed by atoms with van der Waals surface area (Å²) in [6.45, 7) is 4.44. The van der Waals surface area contributed by atoms with E-state index in [-0.39, 0.29) is 11.5 Å². The van der Waals surface area contributed by atoms with Gasteiger partial charge in [0.05, 0.1) is 11.5 Å². The van der Waals surface area contributed by atoms with Crippen molar-refractivity contribution in [3.63, 3.8) is 0 Å². The number of halogens is 1. The van der Waals surface area contributed by atoms with Gasteiger partial charge in [-0.25, -0.2) is 0 Å². The van der Waals surface area contributed by atoms with Gasteiger partial charge in [0.2, 0.25) is 0 Å². The maximum Gasteiger partial charge on any atom is 0.0738 e. The zero-order chi connectivity index (χ0) is 15.1. The third-order valence-electron chi connectivity index (χ3n) is 3.77. The molecule has 0 amide bonds. The Hall–Kier alpha value is -0.0100. The van der Waals surface area contributed by atoms with Crippen molar-refractivity contribution in [1.29, 1.82) is 0 Å². The topological polar surface area (TPSA) is 20.2 Å². The molecule has 0 aromatic rings. The molecule has 0 saturated carbocycles. The van der Waals surface area contributed by atoms with E-state index in [1.807, 2.05) is 0 Å². The van der Waals surface area contributed by atoms with Gasteiger partial charge in [0.1, 0.15) is 0 Å². The SMILES string of the molecule is CCCCCCCCC=CCC(O)C(Cl)CCCCC. The largest absolute Gasteiger partial charge is 0.391 e. The number of alkyl halides is 1. The number of rotatable bonds is 14. The predicted octanol–water partition coefficient (Wildman–Crippen LogP) is 6.23. The first-order valence-corrected chi connectivity index (χ1v) is 9.13. The molecule has 0 aliphatic heterocycles. The number of hydrogen-bond acceptors (Lipinski definition) is 1. The van der Waals surface area contributed by atoms with Gasteiger partial charge in [-0.15, -0.1) is 11.6 Å². The minimum atomic E-state index is -0.380. The van der Waals surface area contributed by atoms with Gasteiger partial charge in [0.15, 0.2) is 0 Å². The van der Waals surface area contributed by atoms with E-state index < -0.39 is 0 Å². The van der Waals surface area contributed by atoms with Crippen molar-refractivity contribution in [2.24, 2.45) is 0 Å². The van der Waals surface area contributed by atoms with Crippen LogP contribution in [-0.4, -0.2) is 16.6 Å². The number of aliphatic hydroxyl groups excluding tert-OH is 1. The highest BCUT2D eigenvalue weighted by molar-refractivity contribution is 6.21. The second-order valence-electron chi connectivity index (χ2n) is 5.84. The fraction of sp³-hybridized carbons (Fsp3) is 0.889. The molecule has 0 bridgehead atoms. The summed E-state index contributed by atoms with van der Waals surface area (Å²) in [6, 6.07) is 0. The van der Waals surface area contributed by atoms with E-state index in [2.05, 4.69) is 26.0 Å². The third-order valence-corrected chi connectivity index (χ3v) is 4.28. The molecule has 2 unspecified atom stereocenters. The average molecular weight is 303 g/mol. The van der Waals surface area contributed by atoms with Gasteiger partial charge in [-0.2, -0.15) is 0 Å². The highest BCUT2D eigenvalue weighted by Gasteiger charge is 2.13. The lowest BCUT2D eigenvalue weighted by atomic mass is 10.1. The maximum absolute atomic E-state index is 9.93. The molecule has 0 saturated heterocycles. The van der Waals surface area contributed by atoms with Crippen molar-refractivity contribution in [2.75, 3.05) is 0 Å². The number of unbranched alkanes of at least 4 members (excludes halogenated alkanes) is 8. The molecule has 1 N–H and O–H groups in total. The van der Waals surface area contributed by atoms with Gasteiger partial charge in [-0.05, 0) is 25.7 Å². The third kappa shape index (κ3) is 13.0. The van der Waals surface area contributed by atoms with E-state index in [1.54, 1.807) is 0 Å². The van der Waals surface area contributed by atoms with E-state index >= 15 is 0 Å². The molecule has 20 heavy (non-hydrogen) atoms. The summed E-state index contributed by atoms with van der Waals surface area (Å²) >= 11 is 6.19. The van der Waals surface area contributed by atoms with Crippen LogP contribution in [0.3, 0.4) is 0 Å². The molecule has 0 aliphatic rings. The second kappa shape index (κ2) is 15.4. The molecule has 0 fully saturated rings. The lowest BCUT2D eigenvalue weighted by molar-refractivity contribution is 0.167. The molecule has 1 nitrogen and oxygen atoms in total. The van der Waals surface area contributed by atoms with Crippen molar-refractivity contribution in [3.8, 4) is 0 Å². The van der Waals surface area contributed by atoms with Crippen LogP contribution in [0.1, 0.15) is 90.9 Å². The molecule has 0 radical (unpaired) electrons. The van der Waals surface area contributed by atoms with Crippen LogP contribution < -0.4 is 0 Å². The Morgan fingerprint density at radius 1 is 0.850 bits per heavy atom. The van der Waals surface area contributed by atoms with Crippen LogP contribution >= 0.6 is 11.6 Å². The fourth-order valence-electron chi connectivity index (χ4n) is 2.33. The molecule has 2 atom stereocenters. The van der Waals surface area contributed by atoms with Crippen LogP contribution in [0.15, 0.2) is 12.2 Å². The summed E-state index contributed by atoms with van der Waals surface area (Å²) in [5.41, 5.74) is 0. The molecular formula is C18H35ClO. The normalized spacial score (nSPS) is 14.8. The first kappa shape index (κ1) is 20.0. The molecular weight excluding hydrogens is 268 g/mol. The van der Waals surface area contributed by atoms with E-state index in [1.165, 1.54) is 51.4 Å². The molecule has 2 heteroatoms. The Balaban J connectivity index is 3.43. The van der Waals surface area contributed by atoms with Gasteiger partial charge in [0.25, 0.3) is 0 Å². The molecule has 0 aliphatic carbocycles. The minimum Gasteiger partial charge on any atom is -0.391 e. The highest BCUT2D eigenvalue weighted by Crippen LogP contribution is 2.16. The van der Waals surface area contributed by atoms with Crippen LogP contribution in [0.5, 0.6) is 0 Å². The fourth-order valence-corrected chi connectivity index (χ4v) is 2.58. The van der Waals surface area contributed by atoms with Crippen LogP contribution in [0, 0.1) is 0 Å². The van der Waals surface area contributed by atoms with Crippen molar-refractivity contribution in [3.05, 3.63) is 12.2 Å². The monoisotopic (exact) mass is 302 g/mol. The summed E-state index contributed by atoms with van der Waals surface area (Å²) in [5, 5.41) is 9.85. The van der Waals surface area contributed by atoms with Crippen LogP contribution in [0.4, 0.5) is 0 Å². The maximum atomic E-state index is 9.93. The van der Waals surface area contributed by atoms with Gasteiger partial charge < -0.3 is 5.11 Å². The van der Waals surface area contributed by atoms with Gasteiger partial charge in [-0.1, -0.05) is 77.4 Å². The number of aliphatic hydroxyl groups is 1. The average Bonchev–Trinajstić information content (AvgIpc) is 2.45. The second-order valence-corrected chi connectivity index (χ2v) is 6.40. The smallest absolute Gasteiger partial charge is 0.0738 e. The Morgan fingerprint density at radius 2 is 1.45 bits per heavy atom. The van der Waals surface area contributed by atoms with Gasteiger partial charge in [0, 0.05) is 0 Å². The van der Waals surface area contributed by atoms with Crippen LogP contribution in [0.2, 0.25) is 0 Å². The first-order valence-electron chi connectivity index (χ1n) is 8.69. The summed E-state index contributed by atoms with van der Waals surface area (Å²) in [5.74, 6) is 0. The minimum absolute atomic E-state index is 0.0831. The van der Waals surface area contributed by atoms with Gasteiger partial charge in [-0.3, -0.25) is 0 Å². The molecule has 0 aromatic heterocycles. The van der Waals surface area contributed by atoms with Crippen molar-refractivity contribution in [2.45, 2.75) is 102 Å². The van der Waals surface area contributed by atoms with Crippen molar-refractivity contribution < 1.29 is 5.11 Å². The summed E-state index contributed by atoms with van der Waals surface area (Å²) in [6.07, 6.45) is 18.3. The van der Waals surface area contributed by atoms with Gasteiger partial charge >= 0.3 is 0 Å². The summed E-state index contributed by atoms with van der Waals surface area (Å²) in [7, 11) is 0. The number of hydrogen-bond donors (Lipinski definition) is 1. The summed E-state index contributed by atoms with van der Waals surface area (Å²) < 4.78 is 0. The standard InChI is InChI=1S/C18H35ClO/c1-3-5-7-8-9-10-11-12-14-16-18(20)17(19)15-13-6-4-2/h12,14,17-18,20H,3-11,13,15-16H2,1-2H3. The van der Waals surface area contributed by atoms with E-state index in [9.17, 15) is 5.11 Å². The number of allylic oxidation sites excluding steroid dienone is 1. The quantitative estimate of drug-likeness (QED) is 0.229. The lowest BCUT2D eigenvalue weighted by Crippen LogP contribution is -2.19. The zero-order valence-corrected chi connectivity index (χ0v) is 14.4. The van der Waals surface area contributed by atoms with E-state index in [4.69, 9.17) is 11.6 Å². The molecule has 120 valence electrons. The first-order chi connectivity index (χ1) is 9.72. The lowest BCUT2D eigenvalue weighted by Gasteiger charge is -2.14. The molecule has 0 aromatic carbocycles. The van der Waals surface area contributed by atoms with E-state index in [0.717, 1.165) is 19.3 Å². The Kier molecular flexibility index (Phi) is 15.4. The molecule has 0 spiro atoms. The zero-order valence-electron chi connectivity index (χ0n) is 13.6. The molecule has 0 rings (SSSR count). The summed E-state index contributed by atoms with van der Waals surface area (Å²) in [4.78, 5) is 0. The van der Waals surface area contributed by atoms with Crippen molar-refractivity contribution >= 4 is 11.6 Å². The Bertz CT molecular complexity index is 215. The van der Waals surface area contributed by atoms with E-state index in [0.29, 0.717) is 6.42 Å². The highest BCUT2D eigenvalue weighted by atomic mass is 35.5. The Morgan fingerprint density at radius 3 is 2.15 bits per heavy atom. The molecule has 0 heterocycles. The Labute approximate surface area is 131 Å². The van der Waals surface area contributed by atoms with Crippen LogP contribution in [-0.2, 0) is 0 Å². The van der Waals surface area contributed by atoms with Crippen molar-refractivity contribution in [1.82, 2.24) is 0 Å².